The molecule has 0 heterocycles. The molecular weight excluding hydrogens is 396 g/mol. The Morgan fingerprint density at radius 1 is 1.23 bits per heavy atom. The maximum atomic E-state index is 13.6. The molecule has 2 aromatic rings. The van der Waals surface area contributed by atoms with Crippen molar-refractivity contribution in [1.82, 2.24) is 0 Å². The molecule has 0 saturated heterocycles. The molecule has 22 heavy (non-hydrogen) atoms. The number of halogens is 2. The molecular formula is C17H17FINO2. The molecule has 0 aliphatic carbocycles. The van der Waals surface area contributed by atoms with Gasteiger partial charge in [-0.2, -0.15) is 0 Å². The van der Waals surface area contributed by atoms with E-state index in [9.17, 15) is 9.18 Å². The average molecular weight is 413 g/mol. The first-order chi connectivity index (χ1) is 10.5. The summed E-state index contributed by atoms with van der Waals surface area (Å²) >= 11 is 2.01. The van der Waals surface area contributed by atoms with Crippen molar-refractivity contribution in [2.75, 3.05) is 11.9 Å². The third-order valence-corrected chi connectivity index (χ3v) is 3.79. The minimum Gasteiger partial charge on any atom is -0.484 e. The standard InChI is InChI=1S/C17H17FINO2/c1-11(2)12-3-6-14(7-4-12)22-10-17(21)20-16-8-5-13(19)9-15(16)18/h3-9,11H,10H2,1-2H3,(H,20,21). The van der Waals surface area contributed by atoms with E-state index >= 15 is 0 Å². The van der Waals surface area contributed by atoms with E-state index < -0.39 is 11.7 Å². The highest BCUT2D eigenvalue weighted by Crippen LogP contribution is 2.19. The summed E-state index contributed by atoms with van der Waals surface area (Å²) in [6.07, 6.45) is 0. The summed E-state index contributed by atoms with van der Waals surface area (Å²) in [5.41, 5.74) is 1.36. The van der Waals surface area contributed by atoms with Gasteiger partial charge in [0.25, 0.3) is 5.91 Å². The molecule has 2 rings (SSSR count). The van der Waals surface area contributed by atoms with Gasteiger partial charge in [0, 0.05) is 3.57 Å². The lowest BCUT2D eigenvalue weighted by atomic mass is 10.0. The predicted octanol–water partition coefficient (Wildman–Crippen LogP) is 4.57. The smallest absolute Gasteiger partial charge is 0.262 e. The minimum absolute atomic E-state index is 0.157. The van der Waals surface area contributed by atoms with Crippen LogP contribution in [0, 0.1) is 9.39 Å². The Morgan fingerprint density at radius 2 is 1.91 bits per heavy atom. The predicted molar refractivity (Wildman–Crippen MR) is 93.8 cm³/mol. The van der Waals surface area contributed by atoms with Crippen LogP contribution in [0.15, 0.2) is 42.5 Å². The van der Waals surface area contributed by atoms with Crippen LogP contribution in [0.1, 0.15) is 25.3 Å². The van der Waals surface area contributed by atoms with E-state index in [-0.39, 0.29) is 12.3 Å². The van der Waals surface area contributed by atoms with Crippen LogP contribution in [-0.4, -0.2) is 12.5 Å². The molecule has 0 unspecified atom stereocenters. The molecule has 0 radical (unpaired) electrons. The van der Waals surface area contributed by atoms with Crippen molar-refractivity contribution in [3.8, 4) is 5.75 Å². The van der Waals surface area contributed by atoms with Gasteiger partial charge in [0.2, 0.25) is 0 Å². The molecule has 2 aromatic carbocycles. The lowest BCUT2D eigenvalue weighted by molar-refractivity contribution is -0.118. The van der Waals surface area contributed by atoms with E-state index in [2.05, 4.69) is 19.2 Å². The fraction of sp³-hybridized carbons (Fsp3) is 0.235. The fourth-order valence-electron chi connectivity index (χ4n) is 1.87. The summed E-state index contributed by atoms with van der Waals surface area (Å²) in [5.74, 6) is 0.207. The van der Waals surface area contributed by atoms with Crippen LogP contribution in [0.25, 0.3) is 0 Å². The number of anilines is 1. The lowest BCUT2D eigenvalue weighted by Gasteiger charge is -2.10. The Labute approximate surface area is 143 Å². The number of nitrogens with one attached hydrogen (secondary N) is 1. The van der Waals surface area contributed by atoms with E-state index in [0.717, 1.165) is 3.57 Å². The SMILES string of the molecule is CC(C)c1ccc(OCC(=O)Nc2ccc(I)cc2F)cc1. The first kappa shape index (κ1) is 16.7. The van der Waals surface area contributed by atoms with Crippen LogP contribution >= 0.6 is 22.6 Å². The van der Waals surface area contributed by atoms with E-state index in [1.165, 1.54) is 17.7 Å². The molecule has 0 saturated carbocycles. The van der Waals surface area contributed by atoms with E-state index in [4.69, 9.17) is 4.74 Å². The maximum absolute atomic E-state index is 13.6. The van der Waals surface area contributed by atoms with Crippen LogP contribution in [0.2, 0.25) is 0 Å². The topological polar surface area (TPSA) is 38.3 Å². The molecule has 0 spiro atoms. The zero-order valence-corrected chi connectivity index (χ0v) is 14.6. The number of hydrogen-bond donors (Lipinski definition) is 1. The van der Waals surface area contributed by atoms with Gasteiger partial charge in [-0.15, -0.1) is 0 Å². The molecule has 0 aromatic heterocycles. The second-order valence-electron chi connectivity index (χ2n) is 5.18. The average Bonchev–Trinajstić information content (AvgIpc) is 2.48. The van der Waals surface area contributed by atoms with Crippen molar-refractivity contribution in [2.45, 2.75) is 19.8 Å². The van der Waals surface area contributed by atoms with Gasteiger partial charge in [-0.25, -0.2) is 4.39 Å². The summed E-state index contributed by atoms with van der Waals surface area (Å²) in [6.45, 7) is 4.06. The zero-order chi connectivity index (χ0) is 16.1. The van der Waals surface area contributed by atoms with Crippen LogP contribution in [0.4, 0.5) is 10.1 Å². The monoisotopic (exact) mass is 413 g/mol. The third-order valence-electron chi connectivity index (χ3n) is 3.12. The van der Waals surface area contributed by atoms with Gasteiger partial charge in [0.15, 0.2) is 6.61 Å². The summed E-state index contributed by atoms with van der Waals surface area (Å²) in [6, 6.07) is 12.2. The minimum atomic E-state index is -0.457. The Balaban J connectivity index is 1.89. The van der Waals surface area contributed by atoms with E-state index in [1.54, 1.807) is 6.07 Å². The quantitative estimate of drug-likeness (QED) is 0.730. The number of carbonyl (C=O) groups excluding carboxylic acids is 1. The number of ether oxygens (including phenoxy) is 1. The van der Waals surface area contributed by atoms with Crippen molar-refractivity contribution >= 4 is 34.2 Å². The second-order valence-corrected chi connectivity index (χ2v) is 6.43. The molecule has 0 fully saturated rings. The Morgan fingerprint density at radius 3 is 2.50 bits per heavy atom. The van der Waals surface area contributed by atoms with Crippen LogP contribution < -0.4 is 10.1 Å². The fourth-order valence-corrected chi connectivity index (χ4v) is 2.33. The molecule has 0 aliphatic heterocycles. The van der Waals surface area contributed by atoms with E-state index in [0.29, 0.717) is 11.7 Å². The van der Waals surface area contributed by atoms with Gasteiger partial charge in [0.1, 0.15) is 11.6 Å². The molecule has 1 N–H and O–H groups in total. The Hall–Kier alpha value is -1.63. The highest BCUT2D eigenvalue weighted by atomic mass is 127. The van der Waals surface area contributed by atoms with Gasteiger partial charge in [0.05, 0.1) is 5.69 Å². The van der Waals surface area contributed by atoms with Gasteiger partial charge in [-0.1, -0.05) is 26.0 Å². The number of rotatable bonds is 5. The molecule has 0 atom stereocenters. The van der Waals surface area contributed by atoms with Gasteiger partial charge in [-0.3, -0.25) is 4.79 Å². The van der Waals surface area contributed by atoms with E-state index in [1.807, 2.05) is 46.9 Å². The number of hydrogen-bond acceptors (Lipinski definition) is 2. The molecule has 1 amide bonds. The molecule has 0 aliphatic rings. The van der Waals surface area contributed by atoms with Crippen molar-refractivity contribution in [3.63, 3.8) is 0 Å². The molecule has 116 valence electrons. The normalized spacial score (nSPS) is 10.6. The van der Waals surface area contributed by atoms with Gasteiger partial charge in [-0.05, 0) is 64.4 Å². The van der Waals surface area contributed by atoms with Gasteiger partial charge < -0.3 is 10.1 Å². The van der Waals surface area contributed by atoms with Gasteiger partial charge >= 0.3 is 0 Å². The zero-order valence-electron chi connectivity index (χ0n) is 12.4. The molecule has 3 nitrogen and oxygen atoms in total. The Kier molecular flexibility index (Phi) is 5.76. The highest BCUT2D eigenvalue weighted by Gasteiger charge is 2.08. The van der Waals surface area contributed by atoms with Crippen molar-refractivity contribution < 1.29 is 13.9 Å². The van der Waals surface area contributed by atoms with Crippen molar-refractivity contribution in [2.24, 2.45) is 0 Å². The highest BCUT2D eigenvalue weighted by molar-refractivity contribution is 14.1. The largest absolute Gasteiger partial charge is 0.484 e. The summed E-state index contributed by atoms with van der Waals surface area (Å²) < 4.78 is 19.8. The number of amides is 1. The van der Waals surface area contributed by atoms with Crippen LogP contribution in [0.5, 0.6) is 5.75 Å². The maximum Gasteiger partial charge on any atom is 0.262 e. The number of carbonyl (C=O) groups is 1. The first-order valence-corrected chi connectivity index (χ1v) is 8.01. The number of benzene rings is 2. The van der Waals surface area contributed by atoms with Crippen molar-refractivity contribution in [3.05, 3.63) is 57.4 Å². The van der Waals surface area contributed by atoms with Crippen LogP contribution in [0.3, 0.4) is 0 Å². The summed E-state index contributed by atoms with van der Waals surface area (Å²) in [5, 5.41) is 2.50. The molecule has 0 bridgehead atoms. The third kappa shape index (κ3) is 4.69. The summed E-state index contributed by atoms with van der Waals surface area (Å²) in [7, 11) is 0. The van der Waals surface area contributed by atoms with Crippen LogP contribution in [-0.2, 0) is 4.79 Å². The Bertz CT molecular complexity index is 656. The first-order valence-electron chi connectivity index (χ1n) is 6.93. The summed E-state index contributed by atoms with van der Waals surface area (Å²) in [4.78, 5) is 11.8. The lowest BCUT2D eigenvalue weighted by Crippen LogP contribution is -2.20. The molecule has 5 heteroatoms. The van der Waals surface area contributed by atoms with Crippen molar-refractivity contribution in [1.29, 1.82) is 0 Å². The second kappa shape index (κ2) is 7.58.